The summed E-state index contributed by atoms with van der Waals surface area (Å²) in [6, 6.07) is 2.03. The molecule has 2 N–H and O–H groups in total. The quantitative estimate of drug-likeness (QED) is 0.592. The van der Waals surface area contributed by atoms with E-state index in [9.17, 15) is 0 Å². The lowest BCUT2D eigenvalue weighted by Gasteiger charge is -1.95. The second-order valence-corrected chi connectivity index (χ2v) is 2.02. The number of hydrogen-bond donors (Lipinski definition) is 1. The molecule has 1 aromatic heterocycles. The molecule has 0 fully saturated rings. The van der Waals surface area contributed by atoms with E-state index in [0.717, 1.165) is 6.42 Å². The minimum Gasteiger partial charge on any atom is -0.367 e. The Morgan fingerprint density at radius 3 is 3.00 bits per heavy atom. The molecular weight excluding hydrogens is 144 g/mol. The van der Waals surface area contributed by atoms with Crippen LogP contribution in [-0.4, -0.2) is 20.2 Å². The Kier molecular flexibility index (Phi) is 2.38. The van der Waals surface area contributed by atoms with Crippen molar-refractivity contribution in [1.82, 2.24) is 20.2 Å². The first-order chi connectivity index (χ1) is 5.34. The summed E-state index contributed by atoms with van der Waals surface area (Å²) in [5.41, 5.74) is 5.37. The van der Waals surface area contributed by atoms with Crippen molar-refractivity contribution in [1.29, 1.82) is 5.26 Å². The van der Waals surface area contributed by atoms with Gasteiger partial charge in [0, 0.05) is 13.0 Å². The number of rotatable bonds is 3. The molecule has 0 saturated carbocycles. The molecule has 1 aromatic rings. The predicted octanol–water partition coefficient (Wildman–Crippen LogP) is -0.441. The summed E-state index contributed by atoms with van der Waals surface area (Å²) in [5.74, 6) is 0.294. The first-order valence-electron chi connectivity index (χ1n) is 3.23. The SMILES string of the molecule is N#CCCCn1nnnc1N. The van der Waals surface area contributed by atoms with E-state index in [2.05, 4.69) is 15.5 Å². The van der Waals surface area contributed by atoms with Gasteiger partial charge in [-0.05, 0) is 16.8 Å². The van der Waals surface area contributed by atoms with Crippen LogP contribution in [0.1, 0.15) is 12.8 Å². The minimum absolute atomic E-state index is 0.294. The van der Waals surface area contributed by atoms with Crippen LogP contribution in [-0.2, 0) is 6.54 Å². The highest BCUT2D eigenvalue weighted by atomic mass is 15.6. The molecule has 6 nitrogen and oxygen atoms in total. The fourth-order valence-corrected chi connectivity index (χ4v) is 0.679. The molecule has 6 heteroatoms. The number of unbranched alkanes of at least 4 members (excludes halogenated alkanes) is 1. The van der Waals surface area contributed by atoms with E-state index in [1.807, 2.05) is 6.07 Å². The zero-order chi connectivity index (χ0) is 8.10. The zero-order valence-corrected chi connectivity index (χ0v) is 5.93. The van der Waals surface area contributed by atoms with E-state index in [-0.39, 0.29) is 0 Å². The number of aryl methyl sites for hydroxylation is 1. The molecule has 1 rings (SSSR count). The lowest BCUT2D eigenvalue weighted by atomic mass is 10.3. The van der Waals surface area contributed by atoms with E-state index in [4.69, 9.17) is 11.0 Å². The van der Waals surface area contributed by atoms with Gasteiger partial charge in [0.15, 0.2) is 0 Å². The Labute approximate surface area is 63.6 Å². The van der Waals surface area contributed by atoms with Gasteiger partial charge in [0.1, 0.15) is 0 Å². The van der Waals surface area contributed by atoms with Crippen molar-refractivity contribution in [2.24, 2.45) is 0 Å². The molecule has 1 heterocycles. The van der Waals surface area contributed by atoms with Gasteiger partial charge >= 0.3 is 0 Å². The standard InChI is InChI=1S/C5H8N6/c6-3-1-2-4-11-5(7)8-9-10-11/h1-2,4H2,(H2,7,8,10). The Morgan fingerprint density at radius 2 is 2.45 bits per heavy atom. The highest BCUT2D eigenvalue weighted by Crippen LogP contribution is 1.96. The number of tetrazole rings is 1. The van der Waals surface area contributed by atoms with Gasteiger partial charge in [-0.15, -0.1) is 0 Å². The van der Waals surface area contributed by atoms with Crippen LogP contribution in [0.15, 0.2) is 0 Å². The summed E-state index contributed by atoms with van der Waals surface area (Å²) in [6.45, 7) is 0.604. The van der Waals surface area contributed by atoms with Crippen LogP contribution in [0, 0.1) is 11.3 Å². The summed E-state index contributed by atoms with van der Waals surface area (Å²) in [4.78, 5) is 0. The smallest absolute Gasteiger partial charge is 0.240 e. The molecule has 0 aliphatic rings. The molecule has 0 spiro atoms. The van der Waals surface area contributed by atoms with Crippen LogP contribution in [0.5, 0.6) is 0 Å². The molecule has 0 amide bonds. The average Bonchev–Trinajstić information content (AvgIpc) is 2.37. The monoisotopic (exact) mass is 152 g/mol. The van der Waals surface area contributed by atoms with E-state index < -0.39 is 0 Å². The highest BCUT2D eigenvalue weighted by molar-refractivity contribution is 5.09. The maximum Gasteiger partial charge on any atom is 0.240 e. The number of anilines is 1. The van der Waals surface area contributed by atoms with Gasteiger partial charge in [-0.2, -0.15) is 5.26 Å². The van der Waals surface area contributed by atoms with Crippen molar-refractivity contribution >= 4 is 5.95 Å². The molecule has 58 valence electrons. The third-order valence-electron chi connectivity index (χ3n) is 1.22. The summed E-state index contributed by atoms with van der Waals surface area (Å²) in [7, 11) is 0. The van der Waals surface area contributed by atoms with Crippen LogP contribution in [0.3, 0.4) is 0 Å². The van der Waals surface area contributed by atoms with Crippen LogP contribution < -0.4 is 5.73 Å². The summed E-state index contributed by atoms with van der Waals surface area (Å²) in [5, 5.41) is 18.7. The molecule has 11 heavy (non-hydrogen) atoms. The van der Waals surface area contributed by atoms with E-state index in [1.54, 1.807) is 0 Å². The number of nitrogen functional groups attached to an aromatic ring is 1. The normalized spacial score (nSPS) is 9.36. The van der Waals surface area contributed by atoms with Gasteiger partial charge in [0.2, 0.25) is 5.95 Å². The van der Waals surface area contributed by atoms with Crippen LogP contribution in [0.2, 0.25) is 0 Å². The van der Waals surface area contributed by atoms with E-state index in [1.165, 1.54) is 4.68 Å². The Morgan fingerprint density at radius 1 is 1.64 bits per heavy atom. The molecule has 0 saturated heterocycles. The highest BCUT2D eigenvalue weighted by Gasteiger charge is 1.98. The van der Waals surface area contributed by atoms with Gasteiger partial charge < -0.3 is 5.73 Å². The topological polar surface area (TPSA) is 93.4 Å². The largest absolute Gasteiger partial charge is 0.367 e. The maximum absolute atomic E-state index is 8.22. The van der Waals surface area contributed by atoms with Crippen molar-refractivity contribution in [2.45, 2.75) is 19.4 Å². The number of nitrogens with two attached hydrogens (primary N) is 1. The lowest BCUT2D eigenvalue weighted by Crippen LogP contribution is -2.04. The Balaban J connectivity index is 2.40. The van der Waals surface area contributed by atoms with Gasteiger partial charge in [0.25, 0.3) is 0 Å². The Bertz CT molecular complexity index is 258. The van der Waals surface area contributed by atoms with Crippen LogP contribution in [0.25, 0.3) is 0 Å². The molecule has 0 atom stereocenters. The summed E-state index contributed by atoms with van der Waals surface area (Å²) < 4.78 is 1.47. The summed E-state index contributed by atoms with van der Waals surface area (Å²) in [6.07, 6.45) is 1.23. The second kappa shape index (κ2) is 3.51. The lowest BCUT2D eigenvalue weighted by molar-refractivity contribution is 0.571. The first kappa shape index (κ1) is 7.47. The van der Waals surface area contributed by atoms with E-state index >= 15 is 0 Å². The fraction of sp³-hybridized carbons (Fsp3) is 0.600. The number of aromatic nitrogens is 4. The average molecular weight is 152 g/mol. The maximum atomic E-state index is 8.22. The van der Waals surface area contributed by atoms with Gasteiger partial charge in [-0.1, -0.05) is 5.10 Å². The molecule has 0 radical (unpaired) electrons. The Hall–Kier alpha value is -1.64. The van der Waals surface area contributed by atoms with Gasteiger partial charge in [-0.3, -0.25) is 0 Å². The molecule has 0 unspecified atom stereocenters. The van der Waals surface area contributed by atoms with Crippen molar-refractivity contribution in [2.75, 3.05) is 5.73 Å². The first-order valence-corrected chi connectivity index (χ1v) is 3.23. The molecular formula is C5H8N6. The minimum atomic E-state index is 0.294. The molecule has 0 aliphatic carbocycles. The molecule has 0 bridgehead atoms. The number of nitrogens with zero attached hydrogens (tertiary/aromatic N) is 5. The van der Waals surface area contributed by atoms with Crippen molar-refractivity contribution in [3.63, 3.8) is 0 Å². The van der Waals surface area contributed by atoms with Crippen molar-refractivity contribution < 1.29 is 0 Å². The van der Waals surface area contributed by atoms with Crippen LogP contribution >= 0.6 is 0 Å². The predicted molar refractivity (Wildman–Crippen MR) is 37.1 cm³/mol. The van der Waals surface area contributed by atoms with Gasteiger partial charge in [-0.25, -0.2) is 4.68 Å². The third-order valence-corrected chi connectivity index (χ3v) is 1.22. The van der Waals surface area contributed by atoms with Gasteiger partial charge in [0.05, 0.1) is 6.07 Å². The van der Waals surface area contributed by atoms with Crippen molar-refractivity contribution in [3.8, 4) is 6.07 Å². The third kappa shape index (κ3) is 1.89. The number of hydrogen-bond acceptors (Lipinski definition) is 5. The van der Waals surface area contributed by atoms with Crippen molar-refractivity contribution in [3.05, 3.63) is 0 Å². The molecule has 0 aliphatic heterocycles. The second-order valence-electron chi connectivity index (χ2n) is 2.02. The molecule has 0 aromatic carbocycles. The zero-order valence-electron chi connectivity index (χ0n) is 5.93. The summed E-state index contributed by atoms with van der Waals surface area (Å²) >= 11 is 0. The van der Waals surface area contributed by atoms with E-state index in [0.29, 0.717) is 18.9 Å². The fourth-order valence-electron chi connectivity index (χ4n) is 0.679. The number of nitriles is 1. The van der Waals surface area contributed by atoms with Crippen LogP contribution in [0.4, 0.5) is 5.95 Å².